The van der Waals surface area contributed by atoms with Gasteiger partial charge < -0.3 is 0 Å². The Kier molecular flexibility index (Phi) is 4.52. The highest BCUT2D eigenvalue weighted by atomic mass is 35.5. The fraction of sp³-hybridized carbons (Fsp3) is 0.643. The molecule has 0 radical (unpaired) electrons. The molecule has 1 aliphatic rings. The molecular weight excluding hydrogens is 267 g/mol. The summed E-state index contributed by atoms with van der Waals surface area (Å²) in [5, 5.41) is 0.995. The summed E-state index contributed by atoms with van der Waals surface area (Å²) in [6.45, 7) is 7.79. The third-order valence-corrected chi connectivity index (χ3v) is 4.84. The Hall–Kier alpha value is -0.310. The Bertz CT molecular complexity index is 416. The summed E-state index contributed by atoms with van der Waals surface area (Å²) >= 11 is 11.9. The summed E-state index contributed by atoms with van der Waals surface area (Å²) in [6, 6.07) is 3.79. The molecule has 4 heteroatoms. The lowest BCUT2D eigenvalue weighted by atomic mass is 9.82. The molecule has 2 heterocycles. The molecule has 1 aliphatic heterocycles. The highest BCUT2D eigenvalue weighted by Crippen LogP contribution is 2.37. The molecule has 0 saturated carbocycles. The number of hydrogen-bond acceptors (Lipinski definition) is 2. The van der Waals surface area contributed by atoms with Gasteiger partial charge in [0.05, 0.1) is 0 Å². The van der Waals surface area contributed by atoms with Crippen molar-refractivity contribution < 1.29 is 0 Å². The van der Waals surface area contributed by atoms with Crippen molar-refractivity contribution in [1.29, 1.82) is 0 Å². The van der Waals surface area contributed by atoms with Crippen molar-refractivity contribution in [3.8, 4) is 0 Å². The van der Waals surface area contributed by atoms with Gasteiger partial charge in [0.1, 0.15) is 10.3 Å². The van der Waals surface area contributed by atoms with E-state index in [0.29, 0.717) is 15.7 Å². The molecule has 18 heavy (non-hydrogen) atoms. The van der Waals surface area contributed by atoms with Crippen LogP contribution in [0.15, 0.2) is 12.1 Å². The maximum atomic E-state index is 6.12. The van der Waals surface area contributed by atoms with Crippen LogP contribution in [0.5, 0.6) is 0 Å². The van der Waals surface area contributed by atoms with E-state index in [0.717, 1.165) is 18.7 Å². The van der Waals surface area contributed by atoms with E-state index in [2.05, 4.69) is 23.7 Å². The van der Waals surface area contributed by atoms with Crippen molar-refractivity contribution in [2.24, 2.45) is 5.41 Å². The number of aromatic nitrogens is 1. The summed E-state index contributed by atoms with van der Waals surface area (Å²) in [5.41, 5.74) is 1.58. The molecule has 0 amide bonds. The van der Waals surface area contributed by atoms with Crippen molar-refractivity contribution in [3.05, 3.63) is 28.0 Å². The van der Waals surface area contributed by atoms with E-state index in [1.165, 1.54) is 25.8 Å². The first-order chi connectivity index (χ1) is 8.58. The second-order valence-corrected chi connectivity index (χ2v) is 6.00. The zero-order chi connectivity index (χ0) is 13.2. The quantitative estimate of drug-likeness (QED) is 0.763. The molecule has 0 N–H and O–H groups in total. The van der Waals surface area contributed by atoms with Crippen LogP contribution < -0.4 is 0 Å². The summed E-state index contributed by atoms with van der Waals surface area (Å²) < 4.78 is 0. The number of nitrogens with zero attached hydrogens (tertiary/aromatic N) is 2. The van der Waals surface area contributed by atoms with E-state index >= 15 is 0 Å². The van der Waals surface area contributed by atoms with E-state index in [1.807, 2.05) is 12.1 Å². The monoisotopic (exact) mass is 286 g/mol. The molecule has 1 fully saturated rings. The predicted molar refractivity (Wildman–Crippen MR) is 77.2 cm³/mol. The normalized spacial score (nSPS) is 19.3. The summed E-state index contributed by atoms with van der Waals surface area (Å²) in [7, 11) is 0. The van der Waals surface area contributed by atoms with Gasteiger partial charge in [-0.2, -0.15) is 0 Å². The molecule has 1 aromatic heterocycles. The number of pyridine rings is 1. The molecule has 1 aromatic rings. The minimum Gasteiger partial charge on any atom is -0.298 e. The minimum absolute atomic E-state index is 0.460. The van der Waals surface area contributed by atoms with Crippen LogP contribution in [0.25, 0.3) is 0 Å². The standard InChI is InChI=1S/C14H20Cl2N2/c1-3-14(4-2)7-8-18(10-14)9-11-5-6-12(15)17-13(11)16/h5-6H,3-4,7-10H2,1-2H3. The average Bonchev–Trinajstić information content (AvgIpc) is 2.77. The molecule has 0 aliphatic carbocycles. The summed E-state index contributed by atoms with van der Waals surface area (Å²) in [4.78, 5) is 6.57. The molecule has 2 rings (SSSR count). The van der Waals surface area contributed by atoms with Crippen molar-refractivity contribution >= 4 is 23.2 Å². The van der Waals surface area contributed by atoms with Crippen LogP contribution in [0, 0.1) is 5.41 Å². The van der Waals surface area contributed by atoms with Gasteiger partial charge in [-0.25, -0.2) is 4.98 Å². The van der Waals surface area contributed by atoms with Gasteiger partial charge in [-0.15, -0.1) is 0 Å². The molecule has 0 spiro atoms. The first kappa shape index (κ1) is 14.1. The van der Waals surface area contributed by atoms with Crippen LogP contribution in [-0.2, 0) is 6.54 Å². The fourth-order valence-electron chi connectivity index (χ4n) is 2.79. The SMILES string of the molecule is CCC1(CC)CCN(Cc2ccc(Cl)nc2Cl)C1. The van der Waals surface area contributed by atoms with Crippen LogP contribution in [0.4, 0.5) is 0 Å². The van der Waals surface area contributed by atoms with Gasteiger partial charge in [0.25, 0.3) is 0 Å². The molecule has 0 aromatic carbocycles. The Morgan fingerprint density at radius 2 is 2.00 bits per heavy atom. The summed E-state index contributed by atoms with van der Waals surface area (Å²) in [5.74, 6) is 0. The zero-order valence-corrected chi connectivity index (χ0v) is 12.6. The highest BCUT2D eigenvalue weighted by Gasteiger charge is 2.34. The van der Waals surface area contributed by atoms with Gasteiger partial charge in [0, 0.05) is 18.7 Å². The van der Waals surface area contributed by atoms with Crippen molar-refractivity contribution in [2.75, 3.05) is 13.1 Å². The van der Waals surface area contributed by atoms with Gasteiger partial charge >= 0.3 is 0 Å². The number of likely N-dealkylation sites (tertiary alicyclic amines) is 1. The molecule has 2 nitrogen and oxygen atoms in total. The molecule has 0 bridgehead atoms. The summed E-state index contributed by atoms with van der Waals surface area (Å²) in [6.07, 6.45) is 3.80. The smallest absolute Gasteiger partial charge is 0.135 e. The lowest BCUT2D eigenvalue weighted by molar-refractivity contribution is 0.236. The third-order valence-electron chi connectivity index (χ3n) is 4.30. The van der Waals surface area contributed by atoms with E-state index in [9.17, 15) is 0 Å². The molecule has 0 atom stereocenters. The lowest BCUT2D eigenvalue weighted by Gasteiger charge is -2.26. The lowest BCUT2D eigenvalue weighted by Crippen LogP contribution is -2.26. The number of rotatable bonds is 4. The van der Waals surface area contributed by atoms with Crippen molar-refractivity contribution in [3.63, 3.8) is 0 Å². The Morgan fingerprint density at radius 3 is 2.56 bits per heavy atom. The van der Waals surface area contributed by atoms with Crippen LogP contribution in [-0.4, -0.2) is 23.0 Å². The Balaban J connectivity index is 2.03. The van der Waals surface area contributed by atoms with E-state index in [4.69, 9.17) is 23.2 Å². The third kappa shape index (κ3) is 2.98. The predicted octanol–water partition coefficient (Wildman–Crippen LogP) is 4.40. The van der Waals surface area contributed by atoms with Crippen LogP contribution in [0.2, 0.25) is 10.3 Å². The maximum absolute atomic E-state index is 6.12. The number of hydrogen-bond donors (Lipinski definition) is 0. The molecule has 100 valence electrons. The van der Waals surface area contributed by atoms with E-state index in [1.54, 1.807) is 0 Å². The highest BCUT2D eigenvalue weighted by molar-refractivity contribution is 6.32. The first-order valence-corrected chi connectivity index (χ1v) is 7.37. The largest absolute Gasteiger partial charge is 0.298 e. The average molecular weight is 287 g/mol. The van der Waals surface area contributed by atoms with Crippen molar-refractivity contribution in [1.82, 2.24) is 9.88 Å². The second kappa shape index (κ2) is 5.77. The molecule has 1 saturated heterocycles. The zero-order valence-electron chi connectivity index (χ0n) is 11.0. The van der Waals surface area contributed by atoms with Crippen molar-refractivity contribution in [2.45, 2.75) is 39.7 Å². The van der Waals surface area contributed by atoms with E-state index < -0.39 is 0 Å². The minimum atomic E-state index is 0.460. The Labute approximate surface area is 119 Å². The second-order valence-electron chi connectivity index (χ2n) is 5.25. The van der Waals surface area contributed by atoms with Crippen LogP contribution in [0.1, 0.15) is 38.7 Å². The first-order valence-electron chi connectivity index (χ1n) is 6.62. The van der Waals surface area contributed by atoms with Gasteiger partial charge in [0.15, 0.2) is 0 Å². The van der Waals surface area contributed by atoms with Crippen LogP contribution in [0.3, 0.4) is 0 Å². The topological polar surface area (TPSA) is 16.1 Å². The molecule has 0 unspecified atom stereocenters. The molecular formula is C14H20Cl2N2. The van der Waals surface area contributed by atoms with Gasteiger partial charge in [0.2, 0.25) is 0 Å². The number of halogens is 2. The van der Waals surface area contributed by atoms with E-state index in [-0.39, 0.29) is 0 Å². The fourth-order valence-corrected chi connectivity index (χ4v) is 3.19. The van der Waals surface area contributed by atoms with Gasteiger partial charge in [-0.3, -0.25) is 4.90 Å². The van der Waals surface area contributed by atoms with Gasteiger partial charge in [-0.1, -0.05) is 43.1 Å². The Morgan fingerprint density at radius 1 is 1.28 bits per heavy atom. The maximum Gasteiger partial charge on any atom is 0.135 e. The van der Waals surface area contributed by atoms with Gasteiger partial charge in [-0.05, 0) is 37.3 Å². The van der Waals surface area contributed by atoms with Crippen LogP contribution >= 0.6 is 23.2 Å².